The molecule has 1 aliphatic rings. The summed E-state index contributed by atoms with van der Waals surface area (Å²) in [6.45, 7) is 5.90. The maximum atomic E-state index is 13.9. The highest BCUT2D eigenvalue weighted by Gasteiger charge is 2.50. The summed E-state index contributed by atoms with van der Waals surface area (Å²) in [6.07, 6.45) is -4.64. The summed E-state index contributed by atoms with van der Waals surface area (Å²) in [7, 11) is 0. The fourth-order valence-corrected chi connectivity index (χ4v) is 3.19. The Labute approximate surface area is 120 Å². The summed E-state index contributed by atoms with van der Waals surface area (Å²) < 4.78 is 68.0. The van der Waals surface area contributed by atoms with Crippen LogP contribution >= 0.6 is 0 Å². The Kier molecular flexibility index (Phi) is 3.67. The van der Waals surface area contributed by atoms with E-state index in [1.807, 2.05) is 0 Å². The minimum atomic E-state index is -4.45. The van der Waals surface area contributed by atoms with Gasteiger partial charge in [0.1, 0.15) is 11.6 Å². The third-order valence-corrected chi connectivity index (χ3v) is 3.97. The fraction of sp³-hybridized carbons (Fsp3) is 0.500. The normalized spacial score (nSPS) is 17.2. The van der Waals surface area contributed by atoms with E-state index in [-0.39, 0.29) is 28.7 Å². The molecule has 0 bridgehead atoms. The molecule has 0 saturated carbocycles. The van der Waals surface area contributed by atoms with Crippen LogP contribution in [-0.4, -0.2) is 6.18 Å². The zero-order chi connectivity index (χ0) is 16.2. The Morgan fingerprint density at radius 2 is 1.52 bits per heavy atom. The molecule has 0 nitrogen and oxygen atoms in total. The van der Waals surface area contributed by atoms with Gasteiger partial charge in [-0.1, -0.05) is 20.8 Å². The Bertz CT molecular complexity index is 588. The number of fused-ring (bicyclic) bond motifs is 1. The topological polar surface area (TPSA) is 0 Å². The van der Waals surface area contributed by atoms with E-state index in [9.17, 15) is 22.0 Å². The zero-order valence-electron chi connectivity index (χ0n) is 12.3. The van der Waals surface area contributed by atoms with Crippen LogP contribution in [0.25, 0.3) is 5.57 Å². The molecule has 1 aromatic rings. The molecule has 1 atom stereocenters. The fourth-order valence-electron chi connectivity index (χ4n) is 3.19. The average Bonchev–Trinajstić information content (AvgIpc) is 2.60. The largest absolute Gasteiger partial charge is 0.395 e. The Balaban J connectivity index is 2.61. The molecule has 2 rings (SSSR count). The second-order valence-corrected chi connectivity index (χ2v) is 6.55. The van der Waals surface area contributed by atoms with Crippen molar-refractivity contribution in [1.82, 2.24) is 0 Å². The van der Waals surface area contributed by atoms with E-state index in [1.54, 1.807) is 0 Å². The van der Waals surface area contributed by atoms with Crippen molar-refractivity contribution >= 4 is 5.57 Å². The zero-order valence-corrected chi connectivity index (χ0v) is 12.3. The summed E-state index contributed by atoms with van der Waals surface area (Å²) in [5, 5.41) is 0. The Morgan fingerprint density at radius 1 is 1.00 bits per heavy atom. The van der Waals surface area contributed by atoms with Gasteiger partial charge in [-0.15, -0.1) is 0 Å². The van der Waals surface area contributed by atoms with E-state index in [1.165, 1.54) is 27.7 Å². The molecule has 0 heterocycles. The smallest absolute Gasteiger partial charge is 0.207 e. The van der Waals surface area contributed by atoms with E-state index < -0.39 is 29.1 Å². The molecule has 21 heavy (non-hydrogen) atoms. The van der Waals surface area contributed by atoms with Crippen LogP contribution in [0, 0.1) is 23.0 Å². The van der Waals surface area contributed by atoms with E-state index in [0.717, 1.165) is 12.1 Å². The van der Waals surface area contributed by atoms with Crippen molar-refractivity contribution in [3.05, 3.63) is 40.5 Å². The first-order chi connectivity index (χ1) is 9.44. The summed E-state index contributed by atoms with van der Waals surface area (Å²) in [6, 6.07) is 1.92. The Morgan fingerprint density at radius 3 is 1.95 bits per heavy atom. The third-order valence-electron chi connectivity index (χ3n) is 3.97. The lowest BCUT2D eigenvalue weighted by Crippen LogP contribution is -2.36. The second-order valence-electron chi connectivity index (χ2n) is 6.55. The van der Waals surface area contributed by atoms with Gasteiger partial charge in [-0.25, -0.2) is 8.78 Å². The maximum Gasteiger partial charge on any atom is 0.395 e. The highest BCUT2D eigenvalue weighted by atomic mass is 19.4. The van der Waals surface area contributed by atoms with Crippen molar-refractivity contribution in [3.63, 3.8) is 0 Å². The molecule has 116 valence electrons. The molecule has 0 radical (unpaired) electrons. The molecule has 0 spiro atoms. The average molecular weight is 304 g/mol. The SMILES string of the molecule is CC1=C(C(C(C)(C)C)C(F)(F)F)Cc2c(F)ccc(F)c21. The first-order valence-corrected chi connectivity index (χ1v) is 6.68. The van der Waals surface area contributed by atoms with Crippen LogP contribution in [-0.2, 0) is 6.42 Å². The lowest BCUT2D eigenvalue weighted by atomic mass is 9.74. The number of halogens is 5. The van der Waals surface area contributed by atoms with Crippen molar-refractivity contribution in [2.75, 3.05) is 0 Å². The summed E-state index contributed by atoms with van der Waals surface area (Å²) in [4.78, 5) is 0. The third kappa shape index (κ3) is 2.70. The van der Waals surface area contributed by atoms with Crippen molar-refractivity contribution in [3.8, 4) is 0 Å². The monoisotopic (exact) mass is 304 g/mol. The van der Waals surface area contributed by atoms with E-state index >= 15 is 0 Å². The molecule has 1 unspecified atom stereocenters. The molecule has 1 aliphatic carbocycles. The first-order valence-electron chi connectivity index (χ1n) is 6.68. The molecular formula is C16H17F5. The molecule has 0 aromatic heterocycles. The van der Waals surface area contributed by atoms with Gasteiger partial charge in [-0.2, -0.15) is 13.2 Å². The van der Waals surface area contributed by atoms with Gasteiger partial charge in [0.25, 0.3) is 0 Å². The van der Waals surface area contributed by atoms with Crippen LogP contribution in [0.3, 0.4) is 0 Å². The number of hydrogen-bond acceptors (Lipinski definition) is 0. The van der Waals surface area contributed by atoms with E-state index in [0.29, 0.717) is 0 Å². The van der Waals surface area contributed by atoms with Gasteiger partial charge in [0.2, 0.25) is 0 Å². The van der Waals surface area contributed by atoms with Crippen LogP contribution < -0.4 is 0 Å². The molecule has 0 saturated heterocycles. The predicted molar refractivity (Wildman–Crippen MR) is 71.7 cm³/mol. The molecule has 5 heteroatoms. The summed E-state index contributed by atoms with van der Waals surface area (Å²) in [5.74, 6) is -3.06. The molecule has 0 amide bonds. The maximum absolute atomic E-state index is 13.9. The molecule has 0 N–H and O–H groups in total. The van der Waals surface area contributed by atoms with Crippen molar-refractivity contribution in [2.45, 2.75) is 40.3 Å². The van der Waals surface area contributed by atoms with Gasteiger partial charge in [-0.05, 0) is 42.0 Å². The Hall–Kier alpha value is -1.39. The van der Waals surface area contributed by atoms with Crippen LogP contribution in [0.2, 0.25) is 0 Å². The minimum Gasteiger partial charge on any atom is -0.207 e. The molecule has 0 fully saturated rings. The highest BCUT2D eigenvalue weighted by Crippen LogP contribution is 2.50. The highest BCUT2D eigenvalue weighted by molar-refractivity contribution is 5.76. The predicted octanol–water partition coefficient (Wildman–Crippen LogP) is 5.52. The van der Waals surface area contributed by atoms with Crippen LogP contribution in [0.4, 0.5) is 22.0 Å². The second kappa shape index (κ2) is 4.82. The number of hydrogen-bond donors (Lipinski definition) is 0. The summed E-state index contributed by atoms with van der Waals surface area (Å²) >= 11 is 0. The summed E-state index contributed by atoms with van der Waals surface area (Å²) in [5.41, 5.74) is -0.790. The number of allylic oxidation sites excluding steroid dienone is 2. The number of benzene rings is 1. The lowest BCUT2D eigenvalue weighted by molar-refractivity contribution is -0.188. The van der Waals surface area contributed by atoms with Crippen molar-refractivity contribution in [1.29, 1.82) is 0 Å². The van der Waals surface area contributed by atoms with Crippen molar-refractivity contribution < 1.29 is 22.0 Å². The minimum absolute atomic E-state index is 0.0106. The first kappa shape index (κ1) is 16.0. The van der Waals surface area contributed by atoms with Crippen molar-refractivity contribution in [2.24, 2.45) is 11.3 Å². The van der Waals surface area contributed by atoms with Gasteiger partial charge in [0, 0.05) is 11.1 Å². The molecule has 0 aliphatic heterocycles. The van der Waals surface area contributed by atoms with Crippen LogP contribution in [0.1, 0.15) is 38.8 Å². The number of rotatable bonds is 1. The van der Waals surface area contributed by atoms with Crippen LogP contribution in [0.5, 0.6) is 0 Å². The molecular weight excluding hydrogens is 287 g/mol. The van der Waals surface area contributed by atoms with E-state index in [4.69, 9.17) is 0 Å². The quantitative estimate of drug-likeness (QED) is 0.599. The standard InChI is InChI=1S/C16H17F5/c1-8-9(14(15(2,3)4)16(19,20)21)7-10-11(17)5-6-12(18)13(8)10/h5-6,14H,7H2,1-4H3. The molecule has 1 aromatic carbocycles. The lowest BCUT2D eigenvalue weighted by Gasteiger charge is -2.34. The van der Waals surface area contributed by atoms with Gasteiger partial charge in [-0.3, -0.25) is 0 Å². The van der Waals surface area contributed by atoms with Gasteiger partial charge < -0.3 is 0 Å². The van der Waals surface area contributed by atoms with Gasteiger partial charge in [0.05, 0.1) is 5.92 Å². The van der Waals surface area contributed by atoms with Gasteiger partial charge in [0.15, 0.2) is 0 Å². The van der Waals surface area contributed by atoms with Crippen LogP contribution in [0.15, 0.2) is 17.7 Å². The number of alkyl halides is 3. The van der Waals surface area contributed by atoms with E-state index in [2.05, 4.69) is 0 Å². The van der Waals surface area contributed by atoms with Gasteiger partial charge >= 0.3 is 6.18 Å².